The van der Waals surface area contributed by atoms with Crippen LogP contribution in [-0.4, -0.2) is 62.0 Å². The third-order valence-electron chi connectivity index (χ3n) is 6.49. The second kappa shape index (κ2) is 11.1. The standard InChI is InChI=1S/C26H33N5O2S2/c1-3-5-19-14-27-25(28-15-19)30-16-20(17-30)18-33-26-29-23-7-6-22(13-24(23)34-26)21-8-10-31(11-9-21)35(32)12-4-2/h6-8,13-15,20H,3-5,9-12,16-18H2,1-2H3. The summed E-state index contributed by atoms with van der Waals surface area (Å²) in [5.41, 5.74) is 4.73. The smallest absolute Gasteiger partial charge is 0.274 e. The fourth-order valence-electron chi connectivity index (χ4n) is 4.52. The molecule has 7 nitrogen and oxygen atoms in total. The van der Waals surface area contributed by atoms with E-state index in [0.717, 1.165) is 79.0 Å². The number of anilines is 1. The lowest BCUT2D eigenvalue weighted by molar-refractivity contribution is 0.219. The van der Waals surface area contributed by atoms with Crippen LogP contribution in [0.4, 0.5) is 5.95 Å². The van der Waals surface area contributed by atoms with Gasteiger partial charge in [0.1, 0.15) is 0 Å². The molecule has 0 aliphatic carbocycles. The van der Waals surface area contributed by atoms with Gasteiger partial charge < -0.3 is 9.64 Å². The topological polar surface area (TPSA) is 71.5 Å². The van der Waals surface area contributed by atoms with Crippen LogP contribution in [0.25, 0.3) is 15.8 Å². The molecular weight excluding hydrogens is 478 g/mol. The zero-order chi connectivity index (χ0) is 24.2. The van der Waals surface area contributed by atoms with Crippen LogP contribution >= 0.6 is 11.3 Å². The van der Waals surface area contributed by atoms with Gasteiger partial charge in [0.15, 0.2) is 0 Å². The predicted molar refractivity (Wildman–Crippen MR) is 144 cm³/mol. The Labute approximate surface area is 213 Å². The van der Waals surface area contributed by atoms with Gasteiger partial charge in [0.2, 0.25) is 5.95 Å². The lowest BCUT2D eigenvalue weighted by atomic mass is 10.0. The molecule has 1 atom stereocenters. The SMILES string of the molecule is CCCc1cnc(N2CC(COc3nc4ccc(C5=CCN(S(=O)CCC)CC5)cc4s3)C2)nc1. The Hall–Kier alpha value is -2.36. The van der Waals surface area contributed by atoms with Crippen LogP contribution in [0.2, 0.25) is 0 Å². The number of benzene rings is 1. The molecule has 5 rings (SSSR count). The molecule has 1 saturated heterocycles. The van der Waals surface area contributed by atoms with E-state index >= 15 is 0 Å². The number of aromatic nitrogens is 3. The van der Waals surface area contributed by atoms with Crippen molar-refractivity contribution in [3.63, 3.8) is 0 Å². The average molecular weight is 512 g/mol. The van der Waals surface area contributed by atoms with Crippen LogP contribution in [-0.2, 0) is 17.4 Å². The first-order chi connectivity index (χ1) is 17.1. The minimum absolute atomic E-state index is 0.463. The Morgan fingerprint density at radius 1 is 1.17 bits per heavy atom. The Bertz CT molecular complexity index is 1200. The number of fused-ring (bicyclic) bond motifs is 1. The van der Waals surface area contributed by atoms with Gasteiger partial charge in [-0.15, -0.1) is 0 Å². The summed E-state index contributed by atoms with van der Waals surface area (Å²) < 4.78 is 21.5. The van der Waals surface area contributed by atoms with Crippen molar-refractivity contribution < 1.29 is 8.95 Å². The summed E-state index contributed by atoms with van der Waals surface area (Å²) >= 11 is 1.61. The minimum Gasteiger partial charge on any atom is -0.470 e. The van der Waals surface area contributed by atoms with E-state index < -0.39 is 11.0 Å². The van der Waals surface area contributed by atoms with E-state index in [0.29, 0.717) is 12.5 Å². The van der Waals surface area contributed by atoms with Crippen LogP contribution in [0.15, 0.2) is 36.7 Å². The molecule has 9 heteroatoms. The lowest BCUT2D eigenvalue weighted by Crippen LogP contribution is -2.50. The molecule has 186 valence electrons. The second-order valence-corrected chi connectivity index (χ2v) is 11.8. The summed E-state index contributed by atoms with van der Waals surface area (Å²) in [5, 5.41) is 0.731. The number of rotatable bonds is 10. The monoisotopic (exact) mass is 511 g/mol. The summed E-state index contributed by atoms with van der Waals surface area (Å²) in [4.78, 5) is 15.9. The molecular formula is C26H33N5O2S2. The van der Waals surface area contributed by atoms with Gasteiger partial charge in [-0.25, -0.2) is 23.5 Å². The summed E-state index contributed by atoms with van der Waals surface area (Å²) in [6.07, 6.45) is 10.1. The fraction of sp³-hybridized carbons (Fsp3) is 0.500. The Kier molecular flexibility index (Phi) is 7.75. The lowest BCUT2D eigenvalue weighted by Gasteiger charge is -2.38. The highest BCUT2D eigenvalue weighted by atomic mass is 32.2. The van der Waals surface area contributed by atoms with Crippen molar-refractivity contribution in [1.29, 1.82) is 0 Å². The number of aryl methyl sites for hydroxylation is 1. The van der Waals surface area contributed by atoms with Crippen LogP contribution in [0.3, 0.4) is 0 Å². The highest BCUT2D eigenvalue weighted by Gasteiger charge is 2.29. The van der Waals surface area contributed by atoms with Crippen molar-refractivity contribution in [3.8, 4) is 5.19 Å². The molecule has 0 amide bonds. The van der Waals surface area contributed by atoms with Crippen molar-refractivity contribution in [2.75, 3.05) is 43.4 Å². The van der Waals surface area contributed by atoms with Gasteiger partial charge in [-0.2, -0.15) is 0 Å². The molecule has 0 saturated carbocycles. The highest BCUT2D eigenvalue weighted by molar-refractivity contribution is 7.82. The van der Waals surface area contributed by atoms with Gasteiger partial charge in [0.25, 0.3) is 5.19 Å². The largest absolute Gasteiger partial charge is 0.470 e. The molecule has 2 aliphatic rings. The van der Waals surface area contributed by atoms with E-state index in [2.05, 4.69) is 62.3 Å². The molecule has 2 aromatic heterocycles. The Morgan fingerprint density at radius 3 is 2.71 bits per heavy atom. The quantitative estimate of drug-likeness (QED) is 0.392. The summed E-state index contributed by atoms with van der Waals surface area (Å²) in [6.45, 7) is 8.33. The van der Waals surface area contributed by atoms with E-state index in [1.165, 1.54) is 16.7 Å². The first-order valence-corrected chi connectivity index (χ1v) is 14.6. The number of hydrogen-bond acceptors (Lipinski definition) is 7. The Morgan fingerprint density at radius 2 is 2.00 bits per heavy atom. The minimum atomic E-state index is -0.860. The van der Waals surface area contributed by atoms with Crippen molar-refractivity contribution in [1.82, 2.24) is 19.3 Å². The third-order valence-corrected chi connectivity index (χ3v) is 9.09. The van der Waals surface area contributed by atoms with Crippen molar-refractivity contribution >= 4 is 44.1 Å². The number of ether oxygens (including phenoxy) is 1. The summed E-state index contributed by atoms with van der Waals surface area (Å²) in [6, 6.07) is 6.45. The molecule has 4 heterocycles. The van der Waals surface area contributed by atoms with E-state index in [9.17, 15) is 4.21 Å². The zero-order valence-electron chi connectivity index (χ0n) is 20.5. The molecule has 35 heavy (non-hydrogen) atoms. The van der Waals surface area contributed by atoms with Crippen molar-refractivity contribution in [3.05, 3.63) is 47.8 Å². The first kappa shape index (κ1) is 24.3. The van der Waals surface area contributed by atoms with Gasteiger partial charge in [0, 0.05) is 50.2 Å². The molecule has 3 aromatic rings. The number of hydrogen-bond donors (Lipinski definition) is 0. The van der Waals surface area contributed by atoms with E-state index in [1.807, 2.05) is 12.4 Å². The van der Waals surface area contributed by atoms with Gasteiger partial charge in [-0.3, -0.25) is 0 Å². The van der Waals surface area contributed by atoms with Crippen LogP contribution < -0.4 is 9.64 Å². The van der Waals surface area contributed by atoms with Crippen molar-refractivity contribution in [2.45, 2.75) is 39.5 Å². The molecule has 0 N–H and O–H groups in total. The van der Waals surface area contributed by atoms with E-state index in [-0.39, 0.29) is 0 Å². The molecule has 1 unspecified atom stereocenters. The van der Waals surface area contributed by atoms with Gasteiger partial charge >= 0.3 is 0 Å². The van der Waals surface area contributed by atoms with E-state index in [1.54, 1.807) is 11.3 Å². The molecule has 1 aromatic carbocycles. The van der Waals surface area contributed by atoms with Crippen LogP contribution in [0.1, 0.15) is 44.2 Å². The second-order valence-electron chi connectivity index (χ2n) is 9.28. The number of nitrogens with zero attached hydrogens (tertiary/aromatic N) is 5. The zero-order valence-corrected chi connectivity index (χ0v) is 22.1. The maximum absolute atomic E-state index is 12.3. The van der Waals surface area contributed by atoms with Gasteiger partial charge in [-0.05, 0) is 48.1 Å². The van der Waals surface area contributed by atoms with E-state index in [4.69, 9.17) is 4.74 Å². The van der Waals surface area contributed by atoms with Gasteiger partial charge in [-0.1, -0.05) is 43.7 Å². The molecule has 1 fully saturated rings. The highest BCUT2D eigenvalue weighted by Crippen LogP contribution is 2.33. The Balaban J connectivity index is 1.14. The van der Waals surface area contributed by atoms with Crippen LogP contribution in [0.5, 0.6) is 5.19 Å². The fourth-order valence-corrected chi connectivity index (χ4v) is 6.53. The average Bonchev–Trinajstić information content (AvgIpc) is 3.26. The maximum Gasteiger partial charge on any atom is 0.274 e. The third kappa shape index (κ3) is 5.73. The molecule has 0 spiro atoms. The normalized spacial score (nSPS) is 17.9. The van der Waals surface area contributed by atoms with Crippen LogP contribution in [0, 0.1) is 5.92 Å². The predicted octanol–water partition coefficient (Wildman–Crippen LogP) is 4.72. The maximum atomic E-state index is 12.3. The number of thiazole rings is 1. The molecule has 0 bridgehead atoms. The van der Waals surface area contributed by atoms with Crippen molar-refractivity contribution in [2.24, 2.45) is 5.92 Å². The summed E-state index contributed by atoms with van der Waals surface area (Å²) in [7, 11) is -0.860. The molecule has 2 aliphatic heterocycles. The summed E-state index contributed by atoms with van der Waals surface area (Å²) in [5.74, 6) is 2.02. The van der Waals surface area contributed by atoms with Gasteiger partial charge in [0.05, 0.1) is 27.8 Å². The first-order valence-electron chi connectivity index (χ1n) is 12.5. The molecule has 0 radical (unpaired) electrons.